The Labute approximate surface area is 106 Å². The highest BCUT2D eigenvalue weighted by molar-refractivity contribution is 6.16. The van der Waals surface area contributed by atoms with Gasteiger partial charge in [0.05, 0.1) is 12.2 Å². The van der Waals surface area contributed by atoms with Crippen LogP contribution in [0.2, 0.25) is 0 Å². The first kappa shape index (κ1) is 12.3. The average Bonchev–Trinajstić information content (AvgIpc) is 2.37. The fraction of sp³-hybridized carbons (Fsp3) is 0.286. The minimum Gasteiger partial charge on any atom is -0.320 e. The van der Waals surface area contributed by atoms with Gasteiger partial charge in [-0.1, -0.05) is 11.8 Å². The van der Waals surface area contributed by atoms with Crippen molar-refractivity contribution in [1.82, 2.24) is 0 Å². The van der Waals surface area contributed by atoms with E-state index in [1.807, 2.05) is 0 Å². The summed E-state index contributed by atoms with van der Waals surface area (Å²) in [6.45, 7) is 0.310. The Kier molecular flexibility index (Phi) is 3.75. The number of carbonyl (C=O) groups excluding carboxylic acids is 2. The van der Waals surface area contributed by atoms with Gasteiger partial charge in [-0.25, -0.2) is 0 Å². The highest BCUT2D eigenvalue weighted by Gasteiger charge is 2.26. The Bertz CT molecular complexity index is 507. The lowest BCUT2D eigenvalue weighted by molar-refractivity contribution is -0.129. The van der Waals surface area contributed by atoms with Gasteiger partial charge < -0.3 is 5.73 Å². The Morgan fingerprint density at radius 1 is 1.11 bits per heavy atom. The fourth-order valence-corrected chi connectivity index (χ4v) is 1.89. The molecule has 2 rings (SSSR count). The van der Waals surface area contributed by atoms with Crippen LogP contribution in [0.4, 0.5) is 5.69 Å². The Morgan fingerprint density at radius 3 is 2.28 bits per heavy atom. The van der Waals surface area contributed by atoms with Crippen LogP contribution < -0.4 is 10.6 Å². The van der Waals surface area contributed by atoms with E-state index in [9.17, 15) is 9.59 Å². The lowest BCUT2D eigenvalue weighted by atomic mass is 10.1. The van der Waals surface area contributed by atoms with Crippen molar-refractivity contribution in [3.8, 4) is 11.8 Å². The summed E-state index contributed by atoms with van der Waals surface area (Å²) in [6, 6.07) is 7.05. The fourth-order valence-electron chi connectivity index (χ4n) is 1.89. The van der Waals surface area contributed by atoms with E-state index in [2.05, 4.69) is 11.8 Å². The smallest absolute Gasteiger partial charge is 0.233 e. The molecular formula is C14H14N2O2. The zero-order chi connectivity index (χ0) is 13.0. The first-order chi connectivity index (χ1) is 8.72. The molecule has 1 aromatic carbocycles. The number of hydrogen-bond donors (Lipinski definition) is 1. The predicted molar refractivity (Wildman–Crippen MR) is 68.7 cm³/mol. The van der Waals surface area contributed by atoms with Crippen LogP contribution >= 0.6 is 0 Å². The molecule has 1 heterocycles. The quantitative estimate of drug-likeness (QED) is 0.591. The van der Waals surface area contributed by atoms with Gasteiger partial charge in [0.25, 0.3) is 0 Å². The van der Waals surface area contributed by atoms with E-state index in [4.69, 9.17) is 5.73 Å². The van der Waals surface area contributed by atoms with Crippen LogP contribution in [-0.4, -0.2) is 18.4 Å². The third kappa shape index (κ3) is 2.58. The summed E-state index contributed by atoms with van der Waals surface area (Å²) in [4.78, 5) is 24.7. The van der Waals surface area contributed by atoms with Crippen LogP contribution in [0.15, 0.2) is 24.3 Å². The van der Waals surface area contributed by atoms with Gasteiger partial charge in [0.2, 0.25) is 11.8 Å². The number of nitrogens with two attached hydrogens (primary N) is 1. The van der Waals surface area contributed by atoms with Gasteiger partial charge in [-0.3, -0.25) is 14.5 Å². The topological polar surface area (TPSA) is 63.4 Å². The van der Waals surface area contributed by atoms with Gasteiger partial charge in [-0.2, -0.15) is 0 Å². The zero-order valence-electron chi connectivity index (χ0n) is 9.98. The van der Waals surface area contributed by atoms with E-state index < -0.39 is 0 Å². The van der Waals surface area contributed by atoms with Crippen LogP contribution in [0, 0.1) is 11.8 Å². The first-order valence-corrected chi connectivity index (χ1v) is 5.87. The Morgan fingerprint density at radius 2 is 1.72 bits per heavy atom. The molecule has 2 N–H and O–H groups in total. The Hall–Kier alpha value is -2.12. The summed E-state index contributed by atoms with van der Waals surface area (Å²) >= 11 is 0. The van der Waals surface area contributed by atoms with Crippen molar-refractivity contribution in [1.29, 1.82) is 0 Å². The van der Waals surface area contributed by atoms with Crippen LogP contribution in [0.1, 0.15) is 24.8 Å². The number of anilines is 1. The van der Waals surface area contributed by atoms with Crippen molar-refractivity contribution in [2.75, 3.05) is 11.4 Å². The number of piperidine rings is 1. The highest BCUT2D eigenvalue weighted by Crippen LogP contribution is 2.22. The van der Waals surface area contributed by atoms with Gasteiger partial charge >= 0.3 is 0 Å². The molecule has 1 aromatic rings. The molecule has 2 amide bonds. The number of benzene rings is 1. The van der Waals surface area contributed by atoms with Crippen LogP contribution in [-0.2, 0) is 9.59 Å². The second-order valence-electron chi connectivity index (χ2n) is 4.03. The maximum absolute atomic E-state index is 11.7. The van der Waals surface area contributed by atoms with Crippen molar-refractivity contribution in [3.05, 3.63) is 29.8 Å². The molecule has 0 atom stereocenters. The lowest BCUT2D eigenvalue weighted by Crippen LogP contribution is -2.40. The molecule has 0 radical (unpaired) electrons. The van der Waals surface area contributed by atoms with Crippen molar-refractivity contribution >= 4 is 17.5 Å². The van der Waals surface area contributed by atoms with Crippen molar-refractivity contribution in [3.63, 3.8) is 0 Å². The summed E-state index contributed by atoms with van der Waals surface area (Å²) in [6.07, 6.45) is 1.51. The maximum Gasteiger partial charge on any atom is 0.233 e. The SMILES string of the molecule is NCC#Cc1ccc(N2C(=O)CCCC2=O)cc1. The molecule has 0 spiro atoms. The third-order valence-electron chi connectivity index (χ3n) is 2.74. The molecule has 4 heteroatoms. The van der Waals surface area contributed by atoms with Crippen molar-refractivity contribution in [2.24, 2.45) is 5.73 Å². The molecule has 0 bridgehead atoms. The molecule has 0 aromatic heterocycles. The standard InChI is InChI=1S/C14H14N2O2/c15-10-2-3-11-6-8-12(9-7-11)16-13(17)4-1-5-14(16)18/h6-9H,1,4-5,10,15H2. The second-order valence-corrected chi connectivity index (χ2v) is 4.03. The van der Waals surface area contributed by atoms with E-state index in [0.717, 1.165) is 5.56 Å². The number of nitrogens with zero attached hydrogens (tertiary/aromatic N) is 1. The second kappa shape index (κ2) is 5.48. The van der Waals surface area contributed by atoms with Gasteiger partial charge in [0.15, 0.2) is 0 Å². The number of hydrogen-bond acceptors (Lipinski definition) is 3. The van der Waals surface area contributed by atoms with Crippen molar-refractivity contribution in [2.45, 2.75) is 19.3 Å². The average molecular weight is 242 g/mol. The molecule has 92 valence electrons. The van der Waals surface area contributed by atoms with Crippen molar-refractivity contribution < 1.29 is 9.59 Å². The normalized spacial score (nSPS) is 15.3. The molecule has 4 nitrogen and oxygen atoms in total. The predicted octanol–water partition coefficient (Wildman–Crippen LogP) is 1.04. The van der Waals surface area contributed by atoms with Gasteiger partial charge in [-0.15, -0.1) is 0 Å². The summed E-state index contributed by atoms with van der Waals surface area (Å²) in [5, 5.41) is 0. The summed E-state index contributed by atoms with van der Waals surface area (Å²) in [5.74, 6) is 5.38. The van der Waals surface area contributed by atoms with E-state index in [1.165, 1.54) is 4.90 Å². The van der Waals surface area contributed by atoms with E-state index in [-0.39, 0.29) is 11.8 Å². The molecule has 0 saturated carbocycles. The minimum absolute atomic E-state index is 0.132. The molecule has 1 aliphatic rings. The summed E-state index contributed by atoms with van der Waals surface area (Å²) in [7, 11) is 0. The molecule has 1 aliphatic heterocycles. The number of imide groups is 1. The van der Waals surface area contributed by atoms with Gasteiger partial charge in [0.1, 0.15) is 0 Å². The van der Waals surface area contributed by atoms with E-state index in [0.29, 0.717) is 31.5 Å². The van der Waals surface area contributed by atoms with E-state index >= 15 is 0 Å². The van der Waals surface area contributed by atoms with Gasteiger partial charge in [-0.05, 0) is 30.7 Å². The third-order valence-corrected chi connectivity index (χ3v) is 2.74. The minimum atomic E-state index is -0.132. The molecule has 1 saturated heterocycles. The molecule has 18 heavy (non-hydrogen) atoms. The molecule has 1 fully saturated rings. The molecule has 0 aliphatic carbocycles. The largest absolute Gasteiger partial charge is 0.320 e. The zero-order valence-corrected chi connectivity index (χ0v) is 9.98. The number of carbonyl (C=O) groups is 2. The van der Waals surface area contributed by atoms with E-state index in [1.54, 1.807) is 24.3 Å². The summed E-state index contributed by atoms with van der Waals surface area (Å²) in [5.41, 5.74) is 6.72. The van der Waals surface area contributed by atoms with Gasteiger partial charge in [0, 0.05) is 18.4 Å². The first-order valence-electron chi connectivity index (χ1n) is 5.87. The number of amides is 2. The van der Waals surface area contributed by atoms with Crippen LogP contribution in [0.25, 0.3) is 0 Å². The lowest BCUT2D eigenvalue weighted by Gasteiger charge is -2.24. The maximum atomic E-state index is 11.7. The number of rotatable bonds is 1. The molecule has 0 unspecified atom stereocenters. The van der Waals surface area contributed by atoms with Crippen LogP contribution in [0.5, 0.6) is 0 Å². The monoisotopic (exact) mass is 242 g/mol. The Balaban J connectivity index is 2.23. The highest BCUT2D eigenvalue weighted by atomic mass is 16.2. The summed E-state index contributed by atoms with van der Waals surface area (Å²) < 4.78 is 0. The van der Waals surface area contributed by atoms with Crippen LogP contribution in [0.3, 0.4) is 0 Å². The molecular weight excluding hydrogens is 228 g/mol.